The zero-order chi connectivity index (χ0) is 14.0. The maximum absolute atomic E-state index is 12.7. The van der Waals surface area contributed by atoms with Crippen molar-refractivity contribution in [2.24, 2.45) is 10.9 Å². The maximum Gasteiger partial charge on any atom is 0.417 e. The van der Waals surface area contributed by atoms with Gasteiger partial charge < -0.3 is 5.32 Å². The number of nitrogens with one attached hydrogen (secondary N) is 1. The smallest absolute Gasteiger partial charge is 0.335 e. The van der Waals surface area contributed by atoms with Crippen LogP contribution in [0.1, 0.15) is 12.5 Å². The van der Waals surface area contributed by atoms with Crippen LogP contribution < -0.4 is 5.32 Å². The zero-order valence-corrected chi connectivity index (χ0v) is 11.7. The fraction of sp³-hybridized carbons (Fsp3) is 0.417. The Morgan fingerprint density at radius 1 is 1.42 bits per heavy atom. The lowest BCUT2D eigenvalue weighted by Gasteiger charge is -2.18. The Hall–Kier alpha value is -0.880. The third-order valence-corrected chi connectivity index (χ3v) is 4.14. The minimum absolute atomic E-state index is 0.301. The van der Waals surface area contributed by atoms with Gasteiger partial charge in [0, 0.05) is 18.0 Å². The summed E-state index contributed by atoms with van der Waals surface area (Å²) < 4.78 is 38.1. The van der Waals surface area contributed by atoms with Gasteiger partial charge in [0.05, 0.1) is 10.6 Å². The van der Waals surface area contributed by atoms with E-state index in [1.54, 1.807) is 0 Å². The van der Waals surface area contributed by atoms with Gasteiger partial charge in [0.25, 0.3) is 0 Å². The Bertz CT molecular complexity index is 502. The lowest BCUT2D eigenvalue weighted by Crippen LogP contribution is -2.19. The molecular formula is C12H12ClF3N2S. The average molecular weight is 309 g/mol. The van der Waals surface area contributed by atoms with Gasteiger partial charge in [-0.25, -0.2) is 0 Å². The van der Waals surface area contributed by atoms with E-state index < -0.39 is 11.7 Å². The second-order valence-corrected chi connectivity index (χ2v) is 5.80. The van der Waals surface area contributed by atoms with Crippen LogP contribution in [-0.2, 0) is 6.18 Å². The molecule has 0 fully saturated rings. The number of benzene rings is 1. The molecule has 1 aliphatic rings. The number of hydrogen-bond donors (Lipinski definition) is 1. The third kappa shape index (κ3) is 3.79. The molecule has 19 heavy (non-hydrogen) atoms. The molecule has 0 saturated heterocycles. The fourth-order valence-corrected chi connectivity index (χ4v) is 2.71. The Balaban J connectivity index is 2.18. The number of hydrogen-bond acceptors (Lipinski definition) is 3. The molecule has 0 aliphatic carbocycles. The summed E-state index contributed by atoms with van der Waals surface area (Å²) in [4.78, 5) is 4.27. The van der Waals surface area contributed by atoms with Gasteiger partial charge in [-0.3, -0.25) is 4.99 Å². The summed E-state index contributed by atoms with van der Waals surface area (Å²) in [6.07, 6.45) is -4.45. The zero-order valence-electron chi connectivity index (χ0n) is 10.1. The maximum atomic E-state index is 12.7. The number of halogens is 4. The Morgan fingerprint density at radius 3 is 2.74 bits per heavy atom. The van der Waals surface area contributed by atoms with Crippen LogP contribution in [0.4, 0.5) is 18.9 Å². The summed E-state index contributed by atoms with van der Waals surface area (Å²) in [7, 11) is 0. The molecule has 7 heteroatoms. The van der Waals surface area contributed by atoms with E-state index in [-0.39, 0.29) is 5.02 Å². The van der Waals surface area contributed by atoms with Gasteiger partial charge in [-0.05, 0) is 24.1 Å². The quantitative estimate of drug-likeness (QED) is 0.825. The molecule has 2 nitrogen and oxygen atoms in total. The highest BCUT2D eigenvalue weighted by molar-refractivity contribution is 8.14. The number of aliphatic imine (C=N–C) groups is 1. The second-order valence-electron chi connectivity index (χ2n) is 4.38. The number of nitrogens with zero attached hydrogens (tertiary/aromatic N) is 1. The van der Waals surface area contributed by atoms with Crippen LogP contribution in [0.15, 0.2) is 23.2 Å². The molecule has 1 unspecified atom stereocenters. The molecule has 0 radical (unpaired) electrons. The lowest BCUT2D eigenvalue weighted by molar-refractivity contribution is -0.137. The van der Waals surface area contributed by atoms with Crippen molar-refractivity contribution >= 4 is 34.2 Å². The van der Waals surface area contributed by atoms with Gasteiger partial charge in [-0.1, -0.05) is 30.3 Å². The van der Waals surface area contributed by atoms with Crippen molar-refractivity contribution in [1.29, 1.82) is 0 Å². The first-order valence-electron chi connectivity index (χ1n) is 5.67. The van der Waals surface area contributed by atoms with Crippen LogP contribution in [0.3, 0.4) is 0 Å². The number of anilines is 1. The molecule has 0 spiro atoms. The molecule has 0 amide bonds. The minimum Gasteiger partial charge on any atom is -0.335 e. The number of thioether (sulfide) groups is 1. The predicted octanol–water partition coefficient (Wildman–Crippen LogP) is 4.51. The Labute approximate surface area is 118 Å². The van der Waals surface area contributed by atoms with E-state index in [1.807, 2.05) is 0 Å². The van der Waals surface area contributed by atoms with E-state index in [4.69, 9.17) is 11.6 Å². The molecule has 2 rings (SSSR count). The first-order chi connectivity index (χ1) is 8.86. The minimum atomic E-state index is -4.45. The topological polar surface area (TPSA) is 24.4 Å². The second kappa shape index (κ2) is 5.63. The van der Waals surface area contributed by atoms with Gasteiger partial charge in [-0.2, -0.15) is 13.2 Å². The molecule has 1 aliphatic heterocycles. The first kappa shape index (κ1) is 14.5. The van der Waals surface area contributed by atoms with Crippen molar-refractivity contribution in [1.82, 2.24) is 0 Å². The molecule has 0 saturated carbocycles. The van der Waals surface area contributed by atoms with Crippen LogP contribution in [0.2, 0.25) is 5.02 Å². The van der Waals surface area contributed by atoms with Gasteiger partial charge in [0.2, 0.25) is 0 Å². The molecule has 104 valence electrons. The summed E-state index contributed by atoms with van der Waals surface area (Å²) in [6.45, 7) is 2.77. The first-order valence-corrected chi connectivity index (χ1v) is 7.03. The summed E-state index contributed by atoms with van der Waals surface area (Å²) in [5.41, 5.74) is -0.494. The van der Waals surface area contributed by atoms with E-state index in [9.17, 15) is 13.2 Å². The summed E-state index contributed by atoms with van der Waals surface area (Å²) in [5.74, 6) is 1.40. The van der Waals surface area contributed by atoms with E-state index in [2.05, 4.69) is 17.2 Å². The fourth-order valence-electron chi connectivity index (χ4n) is 1.58. The summed E-state index contributed by atoms with van der Waals surface area (Å²) in [6, 6.07) is 3.76. The Kier molecular flexibility index (Phi) is 4.30. The van der Waals surface area contributed by atoms with Crippen LogP contribution in [0.5, 0.6) is 0 Å². The van der Waals surface area contributed by atoms with Crippen LogP contribution >= 0.6 is 23.4 Å². The molecule has 1 atom stereocenters. The number of alkyl halides is 3. The number of rotatable bonds is 1. The van der Waals surface area contributed by atoms with E-state index in [0.717, 1.165) is 11.8 Å². The molecular weight excluding hydrogens is 297 g/mol. The number of amidine groups is 1. The average Bonchev–Trinajstić information content (AvgIpc) is 2.33. The van der Waals surface area contributed by atoms with Crippen molar-refractivity contribution < 1.29 is 13.2 Å². The van der Waals surface area contributed by atoms with E-state index in [1.165, 1.54) is 23.9 Å². The SMILES string of the molecule is CC1CN=C(Nc2ccc(Cl)c(C(F)(F)F)c2)SC1. The highest BCUT2D eigenvalue weighted by Crippen LogP contribution is 2.36. The summed E-state index contributed by atoms with van der Waals surface area (Å²) in [5, 5.41) is 3.24. The highest BCUT2D eigenvalue weighted by atomic mass is 35.5. The predicted molar refractivity (Wildman–Crippen MR) is 74.0 cm³/mol. The highest BCUT2D eigenvalue weighted by Gasteiger charge is 2.33. The van der Waals surface area contributed by atoms with Crippen LogP contribution in [0, 0.1) is 5.92 Å². The standard InChI is InChI=1S/C12H12ClF3N2S/c1-7-5-17-11(19-6-7)18-8-2-3-10(13)9(4-8)12(14,15)16/h2-4,7H,5-6H2,1H3,(H,17,18). The monoisotopic (exact) mass is 308 g/mol. The van der Waals surface area contributed by atoms with Gasteiger partial charge in [0.15, 0.2) is 5.17 Å². The summed E-state index contributed by atoms with van der Waals surface area (Å²) >= 11 is 7.07. The van der Waals surface area contributed by atoms with Gasteiger partial charge in [-0.15, -0.1) is 0 Å². The van der Waals surface area contributed by atoms with Crippen molar-refractivity contribution in [2.75, 3.05) is 17.6 Å². The van der Waals surface area contributed by atoms with Crippen molar-refractivity contribution in [3.63, 3.8) is 0 Å². The lowest BCUT2D eigenvalue weighted by atomic mass is 10.2. The van der Waals surface area contributed by atoms with Gasteiger partial charge >= 0.3 is 6.18 Å². The molecule has 1 heterocycles. The molecule has 0 aromatic heterocycles. The molecule has 0 bridgehead atoms. The third-order valence-electron chi connectivity index (χ3n) is 2.57. The molecule has 1 aromatic rings. The van der Waals surface area contributed by atoms with E-state index >= 15 is 0 Å². The van der Waals surface area contributed by atoms with Crippen molar-refractivity contribution in [3.05, 3.63) is 28.8 Å². The van der Waals surface area contributed by atoms with Crippen LogP contribution in [-0.4, -0.2) is 17.5 Å². The van der Waals surface area contributed by atoms with Crippen molar-refractivity contribution in [3.8, 4) is 0 Å². The van der Waals surface area contributed by atoms with Crippen molar-refractivity contribution in [2.45, 2.75) is 13.1 Å². The van der Waals surface area contributed by atoms with Gasteiger partial charge in [0.1, 0.15) is 0 Å². The van der Waals surface area contributed by atoms with E-state index in [0.29, 0.717) is 23.3 Å². The Morgan fingerprint density at radius 2 is 2.16 bits per heavy atom. The molecule has 1 N–H and O–H groups in total. The normalized spacial score (nSPS) is 20.1. The van der Waals surface area contributed by atoms with Crippen LogP contribution in [0.25, 0.3) is 0 Å². The molecule has 1 aromatic carbocycles. The largest absolute Gasteiger partial charge is 0.417 e.